The Morgan fingerprint density at radius 2 is 2.05 bits per heavy atom. The molecule has 114 valence electrons. The second kappa shape index (κ2) is 4.88. The van der Waals surface area contributed by atoms with Crippen LogP contribution in [-0.4, -0.2) is 16.4 Å². The van der Waals surface area contributed by atoms with Crippen LogP contribution >= 0.6 is 12.4 Å². The minimum atomic E-state index is -4.64. The van der Waals surface area contributed by atoms with E-state index in [-0.39, 0.29) is 29.4 Å². The second-order valence-electron chi connectivity index (χ2n) is 4.81. The molecule has 1 amide bonds. The van der Waals surface area contributed by atoms with Crippen molar-refractivity contribution in [3.63, 3.8) is 0 Å². The van der Waals surface area contributed by atoms with Gasteiger partial charge in [0.05, 0.1) is 5.54 Å². The van der Waals surface area contributed by atoms with Crippen LogP contribution in [0.1, 0.15) is 18.7 Å². The summed E-state index contributed by atoms with van der Waals surface area (Å²) in [6.07, 6.45) is -3.44. The predicted octanol–water partition coefficient (Wildman–Crippen LogP) is 2.70. The smallest absolute Gasteiger partial charge is 0.433 e. The van der Waals surface area contributed by atoms with E-state index in [0.29, 0.717) is 18.5 Å². The van der Waals surface area contributed by atoms with Crippen LogP contribution in [-0.2, 0) is 11.0 Å². The monoisotopic (exact) mass is 321 g/mol. The Morgan fingerprint density at radius 3 is 2.62 bits per heavy atom. The molecule has 0 spiro atoms. The first kappa shape index (κ1) is 15.6. The van der Waals surface area contributed by atoms with Crippen molar-refractivity contribution in [1.82, 2.24) is 4.98 Å². The van der Waals surface area contributed by atoms with Gasteiger partial charge in [0.2, 0.25) is 5.91 Å². The summed E-state index contributed by atoms with van der Waals surface area (Å²) in [5.41, 5.74) is 5.23. The van der Waals surface area contributed by atoms with Crippen LogP contribution in [0.3, 0.4) is 0 Å². The Bertz CT molecular complexity index is 695. The van der Waals surface area contributed by atoms with Crippen LogP contribution in [0, 0.1) is 0 Å². The minimum absolute atomic E-state index is 0. The molecule has 9 heteroatoms. The average molecular weight is 322 g/mol. The topological polar surface area (TPSA) is 81.2 Å². The highest BCUT2D eigenvalue weighted by Crippen LogP contribution is 2.34. The van der Waals surface area contributed by atoms with Crippen molar-refractivity contribution in [3.8, 4) is 0 Å². The van der Waals surface area contributed by atoms with Crippen LogP contribution in [0.25, 0.3) is 11.1 Å². The number of alkyl halides is 3. The molecule has 0 saturated heterocycles. The van der Waals surface area contributed by atoms with Crippen molar-refractivity contribution in [3.05, 3.63) is 24.1 Å². The van der Waals surface area contributed by atoms with Gasteiger partial charge in [-0.05, 0) is 31.0 Å². The van der Waals surface area contributed by atoms with E-state index in [1.165, 1.54) is 18.2 Å². The van der Waals surface area contributed by atoms with Crippen molar-refractivity contribution in [2.75, 3.05) is 5.32 Å². The van der Waals surface area contributed by atoms with Gasteiger partial charge in [0, 0.05) is 5.69 Å². The number of rotatable bonds is 2. The number of benzene rings is 1. The summed E-state index contributed by atoms with van der Waals surface area (Å²) < 4.78 is 42.0. The predicted molar refractivity (Wildman–Crippen MR) is 71.0 cm³/mol. The molecule has 5 nitrogen and oxygen atoms in total. The highest BCUT2D eigenvalue weighted by atomic mass is 35.5. The number of aromatic nitrogens is 1. The number of hydrogen-bond acceptors (Lipinski definition) is 4. The average Bonchev–Trinajstić information content (AvgIpc) is 2.96. The highest BCUT2D eigenvalue weighted by molar-refractivity contribution is 6.00. The zero-order valence-electron chi connectivity index (χ0n) is 10.5. The fourth-order valence-corrected chi connectivity index (χ4v) is 1.74. The van der Waals surface area contributed by atoms with Crippen molar-refractivity contribution >= 4 is 35.1 Å². The normalized spacial score (nSPS) is 16.4. The summed E-state index contributed by atoms with van der Waals surface area (Å²) in [6, 6.07) is 4.08. The number of anilines is 1. The maximum atomic E-state index is 12.5. The zero-order valence-corrected chi connectivity index (χ0v) is 11.3. The summed E-state index contributed by atoms with van der Waals surface area (Å²) in [5, 5.41) is 2.56. The third kappa shape index (κ3) is 2.96. The Hall–Kier alpha value is -1.80. The SMILES string of the molecule is Cl.NC1(C(=O)Nc2ccc3oc(C(F)(F)F)nc3c2)CC1. The van der Waals surface area contributed by atoms with E-state index in [2.05, 4.69) is 14.7 Å². The van der Waals surface area contributed by atoms with Gasteiger partial charge in [-0.2, -0.15) is 13.2 Å². The van der Waals surface area contributed by atoms with Gasteiger partial charge in [-0.25, -0.2) is 4.98 Å². The molecule has 2 aromatic rings. The van der Waals surface area contributed by atoms with Gasteiger partial charge in [-0.3, -0.25) is 4.79 Å². The van der Waals surface area contributed by atoms with Crippen molar-refractivity contribution in [1.29, 1.82) is 0 Å². The fraction of sp³-hybridized carbons (Fsp3) is 0.333. The molecule has 0 atom stereocenters. The molecule has 3 rings (SSSR count). The van der Waals surface area contributed by atoms with Crippen LogP contribution in [0.15, 0.2) is 22.6 Å². The number of hydrogen-bond donors (Lipinski definition) is 2. The van der Waals surface area contributed by atoms with Gasteiger partial charge in [0.1, 0.15) is 5.52 Å². The lowest BCUT2D eigenvalue weighted by Crippen LogP contribution is -2.37. The number of oxazole rings is 1. The maximum absolute atomic E-state index is 12.5. The summed E-state index contributed by atoms with van der Waals surface area (Å²) in [6.45, 7) is 0. The number of amides is 1. The molecule has 1 aromatic heterocycles. The van der Waals surface area contributed by atoms with Gasteiger partial charge in [-0.1, -0.05) is 0 Å². The summed E-state index contributed by atoms with van der Waals surface area (Å²) >= 11 is 0. The molecule has 21 heavy (non-hydrogen) atoms. The van der Waals surface area contributed by atoms with Crippen molar-refractivity contribution < 1.29 is 22.4 Å². The number of fused-ring (bicyclic) bond motifs is 1. The van der Waals surface area contributed by atoms with E-state index in [9.17, 15) is 18.0 Å². The van der Waals surface area contributed by atoms with E-state index in [4.69, 9.17) is 5.73 Å². The molecule has 0 bridgehead atoms. The van der Waals surface area contributed by atoms with Crippen LogP contribution in [0.5, 0.6) is 0 Å². The van der Waals surface area contributed by atoms with E-state index >= 15 is 0 Å². The molecule has 1 saturated carbocycles. The Kier molecular flexibility index (Phi) is 3.63. The van der Waals surface area contributed by atoms with E-state index < -0.39 is 17.6 Å². The fourth-order valence-electron chi connectivity index (χ4n) is 1.74. The van der Waals surface area contributed by atoms with Crippen molar-refractivity contribution in [2.24, 2.45) is 5.73 Å². The molecule has 0 radical (unpaired) electrons. The van der Waals surface area contributed by atoms with E-state index in [1.807, 2.05) is 0 Å². The first-order valence-electron chi connectivity index (χ1n) is 5.86. The third-order valence-electron chi connectivity index (χ3n) is 3.13. The maximum Gasteiger partial charge on any atom is 0.468 e. The molecular formula is C12H11ClF3N3O2. The second-order valence-corrected chi connectivity index (χ2v) is 4.81. The number of halogens is 4. The summed E-state index contributed by atoms with van der Waals surface area (Å²) in [7, 11) is 0. The van der Waals surface area contributed by atoms with Gasteiger partial charge in [-0.15, -0.1) is 12.4 Å². The van der Waals surface area contributed by atoms with E-state index in [1.54, 1.807) is 0 Å². The molecule has 1 aromatic carbocycles. The molecule has 1 aliphatic rings. The quantitative estimate of drug-likeness (QED) is 0.891. The van der Waals surface area contributed by atoms with Crippen molar-refractivity contribution in [2.45, 2.75) is 24.6 Å². The number of nitrogens with zero attached hydrogens (tertiary/aromatic N) is 1. The molecular weight excluding hydrogens is 311 g/mol. The molecule has 0 unspecified atom stereocenters. The first-order valence-corrected chi connectivity index (χ1v) is 5.86. The molecule has 1 heterocycles. The van der Waals surface area contributed by atoms with Gasteiger partial charge < -0.3 is 15.5 Å². The van der Waals surface area contributed by atoms with Crippen LogP contribution in [0.4, 0.5) is 18.9 Å². The standard InChI is InChI=1S/C12H10F3N3O2.ClH/c13-12(14,15)10-18-7-5-6(1-2-8(7)20-10)17-9(19)11(16)3-4-11;/h1-2,5H,3-4,16H2,(H,17,19);1H. The summed E-state index contributed by atoms with van der Waals surface area (Å²) in [4.78, 5) is 15.1. The Balaban J connectivity index is 0.00000161. The lowest BCUT2D eigenvalue weighted by atomic mass is 10.2. The van der Waals surface area contributed by atoms with Gasteiger partial charge >= 0.3 is 12.1 Å². The van der Waals surface area contributed by atoms with Gasteiger partial charge in [0.25, 0.3) is 0 Å². The highest BCUT2D eigenvalue weighted by Gasteiger charge is 2.46. The van der Waals surface area contributed by atoms with E-state index in [0.717, 1.165) is 0 Å². The molecule has 1 aliphatic carbocycles. The van der Waals surface area contributed by atoms with Crippen LogP contribution in [0.2, 0.25) is 0 Å². The number of carbonyl (C=O) groups is 1. The molecule has 0 aliphatic heterocycles. The Morgan fingerprint density at radius 1 is 1.38 bits per heavy atom. The first-order chi connectivity index (χ1) is 9.28. The minimum Gasteiger partial charge on any atom is -0.433 e. The van der Waals surface area contributed by atoms with Crippen LogP contribution < -0.4 is 11.1 Å². The lowest BCUT2D eigenvalue weighted by Gasteiger charge is -2.09. The lowest BCUT2D eigenvalue weighted by molar-refractivity contribution is -0.156. The Labute approximate surface area is 123 Å². The molecule has 1 fully saturated rings. The molecule has 3 N–H and O–H groups in total. The summed E-state index contributed by atoms with van der Waals surface area (Å²) in [5.74, 6) is -1.66. The largest absolute Gasteiger partial charge is 0.468 e. The third-order valence-corrected chi connectivity index (χ3v) is 3.13. The number of nitrogens with one attached hydrogen (secondary N) is 1. The number of carbonyl (C=O) groups excluding carboxylic acids is 1. The van der Waals surface area contributed by atoms with Gasteiger partial charge in [0.15, 0.2) is 5.58 Å². The zero-order chi connectivity index (χ0) is 14.5. The number of nitrogens with two attached hydrogens (primary N) is 1.